The van der Waals surface area contributed by atoms with Crippen LogP contribution in [-0.4, -0.2) is 78.5 Å². The fourth-order valence-corrected chi connectivity index (χ4v) is 6.94. The van der Waals surface area contributed by atoms with E-state index in [1.165, 1.54) is 4.57 Å². The lowest BCUT2D eigenvalue weighted by molar-refractivity contribution is -0.120. The largest absolute Gasteiger partial charge is 0.496 e. The highest BCUT2D eigenvalue weighted by Crippen LogP contribution is 2.44. The number of hydrogen-bond acceptors (Lipinski definition) is 9. The van der Waals surface area contributed by atoms with Gasteiger partial charge in [0.05, 0.1) is 25.2 Å². The van der Waals surface area contributed by atoms with Gasteiger partial charge in [0.1, 0.15) is 29.9 Å². The smallest absolute Gasteiger partial charge is 0.408 e. The molecule has 7 rings (SSSR count). The van der Waals surface area contributed by atoms with E-state index in [2.05, 4.69) is 34.6 Å². The van der Waals surface area contributed by atoms with Crippen LogP contribution in [0, 0.1) is 0 Å². The molecule has 1 saturated heterocycles. The van der Waals surface area contributed by atoms with Crippen LogP contribution in [0.2, 0.25) is 0 Å². The van der Waals surface area contributed by atoms with E-state index in [4.69, 9.17) is 19.3 Å². The number of ether oxygens (including phenoxy) is 3. The van der Waals surface area contributed by atoms with E-state index in [1.807, 2.05) is 47.4 Å². The van der Waals surface area contributed by atoms with Crippen LogP contribution in [0.25, 0.3) is 33.0 Å². The number of aliphatic hydroxyl groups excluding tert-OH is 1. The van der Waals surface area contributed by atoms with Crippen LogP contribution in [0.5, 0.6) is 11.5 Å². The van der Waals surface area contributed by atoms with Crippen LogP contribution in [0.4, 0.5) is 4.79 Å². The van der Waals surface area contributed by atoms with Gasteiger partial charge >= 0.3 is 6.09 Å². The molecule has 0 saturated carbocycles. The van der Waals surface area contributed by atoms with Gasteiger partial charge in [-0.2, -0.15) is 0 Å². The number of amides is 1. The molecule has 0 spiro atoms. The molecule has 1 aliphatic heterocycles. The summed E-state index contributed by atoms with van der Waals surface area (Å²) in [6, 6.07) is 21.9. The molecule has 0 bridgehead atoms. The standard InChI is InChI=1S/C37H34N4O6.CH4O/c1-40-17-30(28-12-13-38-16-29(28)35(40)43)23-14-33(45-2)31(34(15-23)46-3)18-41-20-37(21-41,22-42)39-36(44)47-19-32-26-10-6-4-8-24(26)25-9-5-7-11-27(25)32;1-2/h4-17,22,32H,18-21H2,1-3H3,(H,39,44);2H,1H3. The van der Waals surface area contributed by atoms with Crippen molar-refractivity contribution in [2.75, 3.05) is 41.0 Å². The van der Waals surface area contributed by atoms with Crippen molar-refractivity contribution in [2.24, 2.45) is 7.05 Å². The van der Waals surface area contributed by atoms with E-state index in [1.54, 1.807) is 39.9 Å². The number of methoxy groups -OCH3 is 2. The highest BCUT2D eigenvalue weighted by Gasteiger charge is 2.45. The third-order valence-corrected chi connectivity index (χ3v) is 9.22. The van der Waals surface area contributed by atoms with Gasteiger partial charge < -0.3 is 34.0 Å². The van der Waals surface area contributed by atoms with Crippen molar-refractivity contribution in [3.8, 4) is 33.8 Å². The molecule has 0 atom stereocenters. The Bertz CT molecular complexity index is 2020. The highest BCUT2D eigenvalue weighted by molar-refractivity contribution is 5.96. The maximum atomic E-state index is 13.0. The minimum Gasteiger partial charge on any atom is -0.496 e. The molecule has 1 aliphatic carbocycles. The average molecular weight is 663 g/mol. The van der Waals surface area contributed by atoms with Gasteiger partial charge in [-0.25, -0.2) is 4.79 Å². The summed E-state index contributed by atoms with van der Waals surface area (Å²) < 4.78 is 18.9. The van der Waals surface area contributed by atoms with Crippen molar-refractivity contribution in [3.63, 3.8) is 0 Å². The normalized spacial score (nSPS) is 14.5. The van der Waals surface area contributed by atoms with Crippen molar-refractivity contribution in [1.82, 2.24) is 19.8 Å². The first kappa shape index (κ1) is 33.4. The monoisotopic (exact) mass is 662 g/mol. The van der Waals surface area contributed by atoms with Gasteiger partial charge in [-0.1, -0.05) is 48.5 Å². The van der Waals surface area contributed by atoms with Crippen LogP contribution in [0.1, 0.15) is 22.6 Å². The topological polar surface area (TPSA) is 132 Å². The fourth-order valence-electron chi connectivity index (χ4n) is 6.94. The van der Waals surface area contributed by atoms with Gasteiger partial charge in [-0.05, 0) is 51.4 Å². The van der Waals surface area contributed by atoms with E-state index in [9.17, 15) is 14.4 Å². The molecule has 252 valence electrons. The number of fused-ring (bicyclic) bond motifs is 4. The SMILES string of the molecule is CO.COc1cc(-c2cn(C)c(=O)c3cnccc23)cc(OC)c1CN1CC(C=O)(NC(=O)OCC2c3ccccc3-c3ccccc32)C1. The lowest BCUT2D eigenvalue weighted by Crippen LogP contribution is -2.70. The lowest BCUT2D eigenvalue weighted by atomic mass is 9.90. The first-order valence-electron chi connectivity index (χ1n) is 15.8. The third kappa shape index (κ3) is 6.14. The molecule has 49 heavy (non-hydrogen) atoms. The Hall–Kier alpha value is -5.52. The first-order valence-corrected chi connectivity index (χ1v) is 15.8. The van der Waals surface area contributed by atoms with Crippen molar-refractivity contribution >= 4 is 23.2 Å². The number of rotatable bonds is 9. The maximum Gasteiger partial charge on any atom is 0.408 e. The van der Waals surface area contributed by atoms with Gasteiger partial charge in [-0.15, -0.1) is 0 Å². The van der Waals surface area contributed by atoms with Crippen LogP contribution < -0.4 is 20.3 Å². The number of hydrogen-bond donors (Lipinski definition) is 2. The predicted octanol–water partition coefficient (Wildman–Crippen LogP) is 4.52. The molecule has 5 aromatic rings. The minimum absolute atomic E-state index is 0.0727. The van der Waals surface area contributed by atoms with Crippen LogP contribution in [-0.2, 0) is 23.1 Å². The second-order valence-electron chi connectivity index (χ2n) is 12.1. The van der Waals surface area contributed by atoms with Crippen molar-refractivity contribution in [1.29, 1.82) is 0 Å². The Morgan fingerprint density at radius 3 is 2.16 bits per heavy atom. The molecule has 3 heterocycles. The summed E-state index contributed by atoms with van der Waals surface area (Å²) >= 11 is 0. The molecule has 1 amide bonds. The van der Waals surface area contributed by atoms with Gasteiger partial charge in [0.2, 0.25) is 0 Å². The van der Waals surface area contributed by atoms with E-state index < -0.39 is 11.6 Å². The maximum absolute atomic E-state index is 13.0. The number of aryl methyl sites for hydroxylation is 1. The number of pyridine rings is 2. The summed E-state index contributed by atoms with van der Waals surface area (Å²) in [6.07, 6.45) is 5.18. The quantitative estimate of drug-likeness (QED) is 0.219. The van der Waals surface area contributed by atoms with Crippen LogP contribution in [0.3, 0.4) is 0 Å². The zero-order valence-electron chi connectivity index (χ0n) is 27.8. The number of carbonyl (C=O) groups is 2. The molecule has 11 heteroatoms. The fraction of sp³-hybridized carbons (Fsp3) is 0.263. The van der Waals surface area contributed by atoms with E-state index in [0.29, 0.717) is 36.5 Å². The first-order chi connectivity index (χ1) is 23.8. The van der Waals surface area contributed by atoms with Crippen LogP contribution in [0.15, 0.2) is 90.1 Å². The van der Waals surface area contributed by atoms with Gasteiger partial charge in [0.15, 0.2) is 0 Å². The Kier molecular flexibility index (Phi) is 9.48. The molecule has 2 aromatic heterocycles. The molecule has 1 fully saturated rings. The number of carbonyl (C=O) groups excluding carboxylic acids is 2. The average Bonchev–Trinajstić information content (AvgIpc) is 3.45. The molecular formula is C38H38N4O7. The number of nitrogens with zero attached hydrogens (tertiary/aromatic N) is 3. The zero-order chi connectivity index (χ0) is 34.7. The number of aromatic nitrogens is 2. The van der Waals surface area contributed by atoms with Gasteiger partial charge in [-0.3, -0.25) is 14.7 Å². The Morgan fingerprint density at radius 1 is 0.959 bits per heavy atom. The third-order valence-electron chi connectivity index (χ3n) is 9.22. The zero-order valence-corrected chi connectivity index (χ0v) is 27.8. The summed E-state index contributed by atoms with van der Waals surface area (Å²) in [6.45, 7) is 1.19. The number of nitrogens with one attached hydrogen (secondary N) is 1. The van der Waals surface area contributed by atoms with Crippen LogP contribution >= 0.6 is 0 Å². The second kappa shape index (κ2) is 13.9. The molecule has 3 aromatic carbocycles. The van der Waals surface area contributed by atoms with Gasteiger partial charge in [0.25, 0.3) is 5.56 Å². The summed E-state index contributed by atoms with van der Waals surface area (Å²) in [5, 5.41) is 11.1. The summed E-state index contributed by atoms with van der Waals surface area (Å²) in [5.74, 6) is 1.13. The summed E-state index contributed by atoms with van der Waals surface area (Å²) in [7, 11) is 5.89. The van der Waals surface area contributed by atoms with Crippen molar-refractivity contribution in [3.05, 3.63) is 112 Å². The number of aliphatic hydroxyl groups is 1. The minimum atomic E-state index is -1.06. The van der Waals surface area contributed by atoms with Crippen molar-refractivity contribution < 1.29 is 28.9 Å². The van der Waals surface area contributed by atoms with Crippen molar-refractivity contribution in [2.45, 2.75) is 18.0 Å². The molecule has 2 N–H and O–H groups in total. The second-order valence-corrected chi connectivity index (χ2v) is 12.1. The Labute approximate surface area is 283 Å². The number of aldehydes is 1. The van der Waals surface area contributed by atoms with E-state index in [-0.39, 0.29) is 18.1 Å². The molecular weight excluding hydrogens is 624 g/mol. The molecule has 0 radical (unpaired) electrons. The Balaban J connectivity index is 0.00000205. The number of likely N-dealkylation sites (tertiary alicyclic amines) is 1. The predicted molar refractivity (Wildman–Crippen MR) is 186 cm³/mol. The van der Waals surface area contributed by atoms with E-state index in [0.717, 1.165) is 57.7 Å². The van der Waals surface area contributed by atoms with E-state index >= 15 is 0 Å². The molecule has 2 aliphatic rings. The number of benzene rings is 3. The number of alkyl carbamates (subject to hydrolysis) is 1. The summed E-state index contributed by atoms with van der Waals surface area (Å²) in [5.41, 5.74) is 5.80. The molecule has 0 unspecified atom stereocenters. The highest BCUT2D eigenvalue weighted by atomic mass is 16.5. The summed E-state index contributed by atoms with van der Waals surface area (Å²) in [4.78, 5) is 44.1. The lowest BCUT2D eigenvalue weighted by Gasteiger charge is -2.46. The molecule has 11 nitrogen and oxygen atoms in total. The Morgan fingerprint density at radius 2 is 1.57 bits per heavy atom. The van der Waals surface area contributed by atoms with Gasteiger partial charge in [0, 0.05) is 63.9 Å².